The molecule has 1 aliphatic rings. The topological polar surface area (TPSA) is 79.1 Å². The monoisotopic (exact) mass is 606 g/mol. The number of carbonyl (C=O) groups is 1. The maximum Gasteiger partial charge on any atom is 0.338 e. The largest absolute Gasteiger partial charge is 0.490 e. The summed E-state index contributed by atoms with van der Waals surface area (Å²) in [4.78, 5) is 32.0. The van der Waals surface area contributed by atoms with Gasteiger partial charge in [0, 0.05) is 5.56 Å². The molecule has 1 atom stereocenters. The Morgan fingerprint density at radius 1 is 1.10 bits per heavy atom. The van der Waals surface area contributed by atoms with E-state index in [0.717, 1.165) is 5.56 Å². The van der Waals surface area contributed by atoms with Crippen molar-refractivity contribution >= 4 is 35.0 Å². The Morgan fingerprint density at radius 3 is 2.52 bits per heavy atom. The first kappa shape index (κ1) is 29.3. The third-order valence-corrected chi connectivity index (χ3v) is 7.99. The smallest absolute Gasteiger partial charge is 0.338 e. The van der Waals surface area contributed by atoms with E-state index in [4.69, 9.17) is 30.8 Å². The van der Waals surface area contributed by atoms with E-state index >= 15 is 0 Å². The Balaban J connectivity index is 1.60. The van der Waals surface area contributed by atoms with E-state index < -0.39 is 12.0 Å². The predicted molar refractivity (Wildman–Crippen MR) is 160 cm³/mol. The summed E-state index contributed by atoms with van der Waals surface area (Å²) in [7, 11) is 1.32. The summed E-state index contributed by atoms with van der Waals surface area (Å²) in [5.41, 5.74) is 2.35. The first-order valence-corrected chi connectivity index (χ1v) is 14.6. The van der Waals surface area contributed by atoms with E-state index in [9.17, 15) is 14.0 Å². The number of esters is 1. The van der Waals surface area contributed by atoms with Crippen LogP contribution >= 0.6 is 22.9 Å². The first-order chi connectivity index (χ1) is 20.4. The number of ether oxygens (including phenoxy) is 3. The Bertz CT molecular complexity index is 1850. The third kappa shape index (κ3) is 5.75. The van der Waals surface area contributed by atoms with Gasteiger partial charge in [-0.15, -0.1) is 0 Å². The molecule has 10 heteroatoms. The summed E-state index contributed by atoms with van der Waals surface area (Å²) in [6.07, 6.45) is 2.19. The fourth-order valence-corrected chi connectivity index (χ4v) is 6.10. The molecule has 0 amide bonds. The SMILES string of the molecule is CCOc1cc(/C=c2\sc3n(c2=O)[C@@H](c2ccccc2)C(C(=O)OC)=C(CC)N=3)cc(Cl)c1OCc1ccccc1F. The second-order valence-electron chi connectivity index (χ2n) is 9.34. The second kappa shape index (κ2) is 12.8. The normalized spacial score (nSPS) is 14.8. The molecule has 0 saturated carbocycles. The van der Waals surface area contributed by atoms with Gasteiger partial charge in [0.15, 0.2) is 16.3 Å². The molecule has 1 aromatic heterocycles. The number of allylic oxidation sites excluding steroid dienone is 1. The van der Waals surface area contributed by atoms with Gasteiger partial charge in [-0.3, -0.25) is 9.36 Å². The van der Waals surface area contributed by atoms with Crippen molar-refractivity contribution < 1.29 is 23.4 Å². The highest BCUT2D eigenvalue weighted by atomic mass is 35.5. The highest BCUT2D eigenvalue weighted by Crippen LogP contribution is 2.38. The minimum atomic E-state index is -0.691. The van der Waals surface area contributed by atoms with Gasteiger partial charge in [0.2, 0.25) is 0 Å². The number of methoxy groups -OCH3 is 1. The fraction of sp³-hybridized carbons (Fsp3) is 0.219. The van der Waals surface area contributed by atoms with Gasteiger partial charge < -0.3 is 14.2 Å². The minimum Gasteiger partial charge on any atom is -0.490 e. The zero-order chi connectivity index (χ0) is 29.8. The zero-order valence-corrected chi connectivity index (χ0v) is 24.8. The van der Waals surface area contributed by atoms with Gasteiger partial charge in [0.05, 0.1) is 40.6 Å². The number of rotatable bonds is 9. The summed E-state index contributed by atoms with van der Waals surface area (Å²) in [6, 6.07) is 18.4. The molecule has 2 heterocycles. The molecular weight excluding hydrogens is 579 g/mol. The van der Waals surface area contributed by atoms with Gasteiger partial charge >= 0.3 is 5.97 Å². The lowest BCUT2D eigenvalue weighted by Gasteiger charge is -2.25. The average Bonchev–Trinajstić information content (AvgIpc) is 3.30. The van der Waals surface area contributed by atoms with Crippen LogP contribution in [0.4, 0.5) is 4.39 Å². The maximum atomic E-state index is 14.1. The number of nitrogens with zero attached hydrogens (tertiary/aromatic N) is 2. The lowest BCUT2D eigenvalue weighted by Crippen LogP contribution is -2.40. The van der Waals surface area contributed by atoms with E-state index in [2.05, 4.69) is 0 Å². The molecule has 42 heavy (non-hydrogen) atoms. The molecule has 5 rings (SSSR count). The molecule has 7 nitrogen and oxygen atoms in total. The van der Waals surface area contributed by atoms with E-state index in [1.807, 2.05) is 44.2 Å². The lowest BCUT2D eigenvalue weighted by molar-refractivity contribution is -0.136. The van der Waals surface area contributed by atoms with Crippen molar-refractivity contribution in [3.8, 4) is 11.5 Å². The van der Waals surface area contributed by atoms with E-state index in [1.165, 1.54) is 29.1 Å². The Labute approximate surface area is 250 Å². The number of halogens is 2. The number of aromatic nitrogens is 1. The molecule has 1 aliphatic heterocycles. The summed E-state index contributed by atoms with van der Waals surface area (Å²) in [5.74, 6) is -0.268. The molecule has 0 saturated heterocycles. The van der Waals surface area contributed by atoms with Crippen molar-refractivity contribution in [3.63, 3.8) is 0 Å². The molecule has 0 unspecified atom stereocenters. The van der Waals surface area contributed by atoms with Gasteiger partial charge in [-0.25, -0.2) is 14.2 Å². The standard InChI is InChI=1S/C32H28ClFN2O5S/c1-4-24-27(31(38)39-3)28(20-11-7-6-8-12-20)36-30(37)26(42-32(36)35-24)17-19-15-22(33)29(25(16-19)40-5-2)41-18-21-13-9-10-14-23(21)34/h6-17,28H,4-5,18H2,1-3H3/b26-17-/t28-/m0/s1. The van der Waals surface area contributed by atoms with Crippen LogP contribution in [0.2, 0.25) is 5.02 Å². The molecule has 4 aromatic rings. The first-order valence-electron chi connectivity index (χ1n) is 13.4. The zero-order valence-electron chi connectivity index (χ0n) is 23.2. The van der Waals surface area contributed by atoms with Crippen LogP contribution in [0.25, 0.3) is 6.08 Å². The number of hydrogen-bond acceptors (Lipinski definition) is 7. The summed E-state index contributed by atoms with van der Waals surface area (Å²) in [6.45, 7) is 4.04. The summed E-state index contributed by atoms with van der Waals surface area (Å²) in [5, 5.41) is 0.250. The lowest BCUT2D eigenvalue weighted by atomic mass is 9.95. The Hall–Kier alpha value is -4.21. The number of fused-ring (bicyclic) bond motifs is 1. The molecule has 0 aliphatic carbocycles. The summed E-state index contributed by atoms with van der Waals surface area (Å²) < 4.78 is 32.9. The molecule has 3 aromatic carbocycles. The maximum absolute atomic E-state index is 14.1. The highest BCUT2D eigenvalue weighted by molar-refractivity contribution is 7.07. The minimum absolute atomic E-state index is 0.0355. The van der Waals surface area contributed by atoms with Gasteiger partial charge in [-0.2, -0.15) is 0 Å². The molecule has 0 spiro atoms. The second-order valence-corrected chi connectivity index (χ2v) is 10.8. The van der Waals surface area contributed by atoms with Crippen LogP contribution in [0.1, 0.15) is 43.0 Å². The van der Waals surface area contributed by atoms with E-state index in [-0.39, 0.29) is 28.8 Å². The fourth-order valence-electron chi connectivity index (χ4n) is 4.81. The highest BCUT2D eigenvalue weighted by Gasteiger charge is 2.33. The van der Waals surface area contributed by atoms with Crippen molar-refractivity contribution in [2.24, 2.45) is 4.99 Å². The molecule has 216 valence electrons. The molecule has 0 fully saturated rings. The Kier molecular flexibility index (Phi) is 8.89. The number of thiazole rings is 1. The van der Waals surface area contributed by atoms with Crippen LogP contribution in [0.5, 0.6) is 11.5 Å². The van der Waals surface area contributed by atoms with E-state index in [0.29, 0.717) is 50.5 Å². The van der Waals surface area contributed by atoms with Crippen molar-refractivity contribution in [2.75, 3.05) is 13.7 Å². The van der Waals surface area contributed by atoms with Crippen LogP contribution in [0, 0.1) is 5.82 Å². The molecule has 0 bridgehead atoms. The molecule has 0 radical (unpaired) electrons. The van der Waals surface area contributed by atoms with Crippen LogP contribution in [0.3, 0.4) is 0 Å². The van der Waals surface area contributed by atoms with Crippen LogP contribution in [-0.4, -0.2) is 24.3 Å². The van der Waals surface area contributed by atoms with Gasteiger partial charge in [-0.05, 0) is 48.7 Å². The number of benzene rings is 3. The van der Waals surface area contributed by atoms with E-state index in [1.54, 1.807) is 36.4 Å². The molecular formula is C32H28ClFN2O5S. The van der Waals surface area contributed by atoms with Crippen molar-refractivity contribution in [1.82, 2.24) is 4.57 Å². The quantitative estimate of drug-likeness (QED) is 0.233. The number of carbonyl (C=O) groups excluding carboxylic acids is 1. The predicted octanol–water partition coefficient (Wildman–Crippen LogP) is 5.57. The molecule has 0 N–H and O–H groups in total. The Morgan fingerprint density at radius 2 is 1.83 bits per heavy atom. The average molecular weight is 607 g/mol. The van der Waals surface area contributed by atoms with Crippen LogP contribution in [0.15, 0.2) is 87.8 Å². The van der Waals surface area contributed by atoms with Crippen LogP contribution < -0.4 is 24.4 Å². The van der Waals surface area contributed by atoms with Crippen molar-refractivity contribution in [1.29, 1.82) is 0 Å². The van der Waals surface area contributed by atoms with Gasteiger partial charge in [-0.1, -0.05) is 78.4 Å². The van der Waals surface area contributed by atoms with Crippen LogP contribution in [-0.2, 0) is 16.1 Å². The van der Waals surface area contributed by atoms with Crippen molar-refractivity contribution in [3.05, 3.63) is 125 Å². The third-order valence-electron chi connectivity index (χ3n) is 6.72. The van der Waals surface area contributed by atoms with Gasteiger partial charge in [0.1, 0.15) is 12.4 Å². The van der Waals surface area contributed by atoms with Gasteiger partial charge in [0.25, 0.3) is 5.56 Å². The summed E-state index contributed by atoms with van der Waals surface area (Å²) >= 11 is 7.84. The number of hydrogen-bond donors (Lipinski definition) is 0. The van der Waals surface area contributed by atoms with Crippen molar-refractivity contribution in [2.45, 2.75) is 32.9 Å².